The van der Waals surface area contributed by atoms with E-state index in [1.807, 2.05) is 19.0 Å². The normalized spacial score (nSPS) is 18.0. The molecule has 0 heterocycles. The molecule has 2 N–H and O–H groups in total. The Bertz CT molecular complexity index is 272. The van der Waals surface area contributed by atoms with Gasteiger partial charge in [-0.2, -0.15) is 0 Å². The van der Waals surface area contributed by atoms with Crippen molar-refractivity contribution in [1.82, 2.24) is 9.80 Å². The first kappa shape index (κ1) is 15.2. The van der Waals surface area contributed by atoms with Gasteiger partial charge in [-0.3, -0.25) is 4.79 Å². The maximum absolute atomic E-state index is 12.4. The third kappa shape index (κ3) is 4.42. The molecule has 1 aliphatic rings. The maximum atomic E-state index is 12.4. The van der Waals surface area contributed by atoms with Gasteiger partial charge in [0.05, 0.1) is 6.04 Å². The van der Waals surface area contributed by atoms with Crippen molar-refractivity contribution in [3.8, 4) is 0 Å². The Morgan fingerprint density at radius 1 is 1.39 bits per heavy atom. The van der Waals surface area contributed by atoms with Crippen LogP contribution in [0.25, 0.3) is 0 Å². The number of nitrogens with zero attached hydrogens (tertiary/aromatic N) is 2. The van der Waals surface area contributed by atoms with Crippen molar-refractivity contribution in [2.24, 2.45) is 5.73 Å². The largest absolute Gasteiger partial charge is 0.337 e. The van der Waals surface area contributed by atoms with Crippen LogP contribution in [-0.4, -0.2) is 55.0 Å². The summed E-state index contributed by atoms with van der Waals surface area (Å²) in [4.78, 5) is 16.5. The van der Waals surface area contributed by atoms with Gasteiger partial charge in [-0.1, -0.05) is 18.9 Å². The van der Waals surface area contributed by atoms with E-state index in [1.54, 1.807) is 6.08 Å². The molecule has 0 spiro atoms. The van der Waals surface area contributed by atoms with Gasteiger partial charge in [0, 0.05) is 19.1 Å². The van der Waals surface area contributed by atoms with Gasteiger partial charge in [-0.15, -0.1) is 6.58 Å². The van der Waals surface area contributed by atoms with Crippen LogP contribution in [0.4, 0.5) is 0 Å². The maximum Gasteiger partial charge on any atom is 0.240 e. The second-order valence-corrected chi connectivity index (χ2v) is 5.40. The number of likely N-dealkylation sites (N-methyl/N-ethyl adjacent to an activating group) is 1. The summed E-state index contributed by atoms with van der Waals surface area (Å²) >= 11 is 0. The SMILES string of the molecule is C=CCC(N)C(=O)N(CCN(C)C)C1CCCC1. The zero-order chi connectivity index (χ0) is 13.5. The first-order chi connectivity index (χ1) is 8.56. The summed E-state index contributed by atoms with van der Waals surface area (Å²) in [6.45, 7) is 5.33. The van der Waals surface area contributed by atoms with Gasteiger partial charge in [0.25, 0.3) is 0 Å². The van der Waals surface area contributed by atoms with Crippen LogP contribution in [-0.2, 0) is 4.79 Å². The Kier molecular flexibility index (Phi) is 6.36. The summed E-state index contributed by atoms with van der Waals surface area (Å²) < 4.78 is 0. The molecule has 18 heavy (non-hydrogen) atoms. The molecule has 0 bridgehead atoms. The van der Waals surface area contributed by atoms with Gasteiger partial charge < -0.3 is 15.5 Å². The van der Waals surface area contributed by atoms with Gasteiger partial charge in [0.1, 0.15) is 0 Å². The van der Waals surface area contributed by atoms with E-state index in [4.69, 9.17) is 5.73 Å². The van der Waals surface area contributed by atoms with E-state index in [1.165, 1.54) is 12.8 Å². The summed E-state index contributed by atoms with van der Waals surface area (Å²) in [7, 11) is 4.06. The summed E-state index contributed by atoms with van der Waals surface area (Å²) in [6, 6.07) is -0.0291. The first-order valence-corrected chi connectivity index (χ1v) is 6.88. The van der Waals surface area contributed by atoms with Gasteiger partial charge in [0.2, 0.25) is 5.91 Å². The highest BCUT2D eigenvalue weighted by atomic mass is 16.2. The average Bonchev–Trinajstić information content (AvgIpc) is 2.82. The molecular weight excluding hydrogens is 226 g/mol. The van der Waals surface area contributed by atoms with Crippen molar-refractivity contribution in [2.75, 3.05) is 27.2 Å². The predicted octanol–water partition coefficient (Wildman–Crippen LogP) is 1.22. The minimum atomic E-state index is -0.426. The fourth-order valence-corrected chi connectivity index (χ4v) is 2.49. The highest BCUT2D eigenvalue weighted by molar-refractivity contribution is 5.82. The number of amides is 1. The number of hydrogen-bond donors (Lipinski definition) is 1. The fraction of sp³-hybridized carbons (Fsp3) is 0.786. The third-order valence-corrected chi connectivity index (χ3v) is 3.57. The summed E-state index contributed by atoms with van der Waals surface area (Å²) in [5, 5.41) is 0. The predicted molar refractivity (Wildman–Crippen MR) is 75.3 cm³/mol. The van der Waals surface area contributed by atoms with Gasteiger partial charge in [0.15, 0.2) is 0 Å². The number of hydrogen-bond acceptors (Lipinski definition) is 3. The van der Waals surface area contributed by atoms with E-state index in [9.17, 15) is 4.79 Å². The van der Waals surface area contributed by atoms with Crippen molar-refractivity contribution in [3.63, 3.8) is 0 Å². The van der Waals surface area contributed by atoms with E-state index in [0.717, 1.165) is 25.9 Å². The Hall–Kier alpha value is -0.870. The lowest BCUT2D eigenvalue weighted by molar-refractivity contribution is -0.135. The smallest absolute Gasteiger partial charge is 0.240 e. The molecule has 1 rings (SSSR count). The highest BCUT2D eigenvalue weighted by Gasteiger charge is 2.29. The lowest BCUT2D eigenvalue weighted by Gasteiger charge is -2.32. The van der Waals surface area contributed by atoms with E-state index in [-0.39, 0.29) is 5.91 Å². The topological polar surface area (TPSA) is 49.6 Å². The van der Waals surface area contributed by atoms with E-state index in [2.05, 4.69) is 11.5 Å². The molecule has 0 aromatic rings. The van der Waals surface area contributed by atoms with Crippen LogP contribution in [0, 0.1) is 0 Å². The van der Waals surface area contributed by atoms with Gasteiger partial charge in [-0.25, -0.2) is 0 Å². The van der Waals surface area contributed by atoms with Crippen LogP contribution in [0.5, 0.6) is 0 Å². The number of rotatable bonds is 7. The molecule has 1 unspecified atom stereocenters. The quantitative estimate of drug-likeness (QED) is 0.694. The Labute approximate surface area is 111 Å². The van der Waals surface area contributed by atoms with E-state index < -0.39 is 6.04 Å². The molecule has 4 heteroatoms. The van der Waals surface area contributed by atoms with Crippen molar-refractivity contribution < 1.29 is 4.79 Å². The fourth-order valence-electron chi connectivity index (χ4n) is 2.49. The molecule has 1 aliphatic carbocycles. The van der Waals surface area contributed by atoms with Crippen molar-refractivity contribution in [1.29, 1.82) is 0 Å². The highest BCUT2D eigenvalue weighted by Crippen LogP contribution is 2.24. The Morgan fingerprint density at radius 3 is 2.50 bits per heavy atom. The van der Waals surface area contributed by atoms with Crippen LogP contribution in [0.3, 0.4) is 0 Å². The number of nitrogens with two attached hydrogens (primary N) is 1. The van der Waals surface area contributed by atoms with Crippen LogP contribution >= 0.6 is 0 Å². The first-order valence-electron chi connectivity index (χ1n) is 6.88. The standard InChI is InChI=1S/C14H27N3O/c1-4-7-13(15)14(18)17(11-10-16(2)3)12-8-5-6-9-12/h4,12-13H,1,5-11,15H2,2-3H3. The van der Waals surface area contributed by atoms with Crippen molar-refractivity contribution in [2.45, 2.75) is 44.2 Å². The minimum absolute atomic E-state index is 0.0867. The van der Waals surface area contributed by atoms with Crippen LogP contribution < -0.4 is 5.73 Å². The van der Waals surface area contributed by atoms with Crippen LogP contribution in [0.15, 0.2) is 12.7 Å². The van der Waals surface area contributed by atoms with Crippen LogP contribution in [0.2, 0.25) is 0 Å². The zero-order valence-corrected chi connectivity index (χ0v) is 11.8. The molecule has 0 saturated heterocycles. The molecule has 0 radical (unpaired) electrons. The monoisotopic (exact) mass is 253 g/mol. The average molecular weight is 253 g/mol. The van der Waals surface area contributed by atoms with Gasteiger partial charge in [-0.05, 0) is 33.4 Å². The van der Waals surface area contributed by atoms with Gasteiger partial charge >= 0.3 is 0 Å². The van der Waals surface area contributed by atoms with Crippen LogP contribution in [0.1, 0.15) is 32.1 Å². The molecule has 0 aliphatic heterocycles. The molecule has 1 fully saturated rings. The van der Waals surface area contributed by atoms with E-state index in [0.29, 0.717) is 12.5 Å². The van der Waals surface area contributed by atoms with E-state index >= 15 is 0 Å². The zero-order valence-electron chi connectivity index (χ0n) is 11.8. The number of carbonyl (C=O) groups excluding carboxylic acids is 1. The second kappa shape index (κ2) is 7.54. The summed E-state index contributed by atoms with van der Waals surface area (Å²) in [5.74, 6) is 0.0867. The van der Waals surface area contributed by atoms with Crippen molar-refractivity contribution >= 4 is 5.91 Å². The molecule has 104 valence electrons. The van der Waals surface area contributed by atoms with Crippen molar-refractivity contribution in [3.05, 3.63) is 12.7 Å². The molecule has 1 amide bonds. The molecular formula is C14H27N3O. The summed E-state index contributed by atoms with van der Waals surface area (Å²) in [5.41, 5.74) is 5.93. The molecule has 1 saturated carbocycles. The molecule has 1 atom stereocenters. The number of carbonyl (C=O) groups is 1. The second-order valence-electron chi connectivity index (χ2n) is 5.40. The lowest BCUT2D eigenvalue weighted by atomic mass is 10.1. The molecule has 0 aromatic carbocycles. The minimum Gasteiger partial charge on any atom is -0.337 e. The summed E-state index contributed by atoms with van der Waals surface area (Å²) in [6.07, 6.45) is 6.99. The molecule has 0 aromatic heterocycles. The third-order valence-electron chi connectivity index (χ3n) is 3.57. The Morgan fingerprint density at radius 2 is 2.00 bits per heavy atom. The lowest BCUT2D eigenvalue weighted by Crippen LogP contribution is -2.49. The Balaban J connectivity index is 2.62. The molecule has 4 nitrogen and oxygen atoms in total.